The summed E-state index contributed by atoms with van der Waals surface area (Å²) in [5.41, 5.74) is 2.24. The van der Waals surface area contributed by atoms with Gasteiger partial charge in [-0.15, -0.1) is 0 Å². The highest BCUT2D eigenvalue weighted by Gasteiger charge is 2.39. The Morgan fingerprint density at radius 3 is 2.77 bits per heavy atom. The fourth-order valence-corrected chi connectivity index (χ4v) is 3.39. The van der Waals surface area contributed by atoms with Gasteiger partial charge in [0, 0.05) is 26.2 Å². The number of morpholine rings is 1. The summed E-state index contributed by atoms with van der Waals surface area (Å²) >= 11 is 0. The first kappa shape index (κ1) is 18.6. The highest BCUT2D eigenvalue weighted by Crippen LogP contribution is 2.19. The van der Waals surface area contributed by atoms with Gasteiger partial charge in [0.1, 0.15) is 12.6 Å². The van der Waals surface area contributed by atoms with E-state index < -0.39 is 6.04 Å². The molecule has 1 fully saturated rings. The number of nitrogens with one attached hydrogen (secondary N) is 1. The van der Waals surface area contributed by atoms with Crippen LogP contribution in [-0.2, 0) is 20.9 Å². The molecule has 0 radical (unpaired) electrons. The predicted molar refractivity (Wildman–Crippen MR) is 99.4 cm³/mol. The van der Waals surface area contributed by atoms with E-state index in [0.29, 0.717) is 13.1 Å². The van der Waals surface area contributed by atoms with Gasteiger partial charge in [-0.1, -0.05) is 42.0 Å². The molecule has 26 heavy (non-hydrogen) atoms. The zero-order chi connectivity index (χ0) is 18.5. The monoisotopic (exact) mass is 357 g/mol. The molecule has 2 amide bonds. The van der Waals surface area contributed by atoms with Gasteiger partial charge in [-0.05, 0) is 26.0 Å². The summed E-state index contributed by atoms with van der Waals surface area (Å²) in [5, 5.41) is 3.00. The molecule has 140 valence electrons. The molecule has 3 rings (SSSR count). The first-order valence-electron chi connectivity index (χ1n) is 9.14. The van der Waals surface area contributed by atoms with Gasteiger partial charge in [0.2, 0.25) is 11.8 Å². The molecule has 2 atom stereocenters. The number of carbonyl (C=O) groups is 2. The van der Waals surface area contributed by atoms with Crippen LogP contribution >= 0.6 is 0 Å². The number of benzene rings is 1. The van der Waals surface area contributed by atoms with Crippen LogP contribution in [-0.4, -0.2) is 67.0 Å². The minimum atomic E-state index is -0.608. The number of carbonyl (C=O) groups excluding carboxylic acids is 2. The van der Waals surface area contributed by atoms with E-state index in [9.17, 15) is 9.59 Å². The van der Waals surface area contributed by atoms with Gasteiger partial charge in [-0.2, -0.15) is 0 Å². The third-order valence-corrected chi connectivity index (χ3v) is 5.03. The third-order valence-electron chi connectivity index (χ3n) is 5.03. The van der Waals surface area contributed by atoms with Crippen LogP contribution < -0.4 is 5.32 Å². The molecule has 1 aromatic carbocycles. The van der Waals surface area contributed by atoms with Crippen LogP contribution in [0.2, 0.25) is 0 Å². The van der Waals surface area contributed by atoms with Gasteiger partial charge < -0.3 is 19.9 Å². The maximum atomic E-state index is 12.8. The van der Waals surface area contributed by atoms with Gasteiger partial charge >= 0.3 is 0 Å². The van der Waals surface area contributed by atoms with E-state index in [1.54, 1.807) is 4.90 Å². The van der Waals surface area contributed by atoms with Crippen molar-refractivity contribution in [1.29, 1.82) is 0 Å². The Hall–Kier alpha value is -2.18. The molecule has 2 aliphatic heterocycles. The summed E-state index contributed by atoms with van der Waals surface area (Å²) in [7, 11) is 2.08. The first-order chi connectivity index (χ1) is 12.5. The van der Waals surface area contributed by atoms with E-state index in [1.165, 1.54) is 5.57 Å². The zero-order valence-electron chi connectivity index (χ0n) is 15.5. The van der Waals surface area contributed by atoms with E-state index in [-0.39, 0.29) is 24.5 Å². The molecule has 2 aliphatic rings. The standard InChI is InChI=1S/C20H27N3O3/c1-15-19(20(25)21-12-16-8-10-22(2)11-9-16)23(18(24)14-26-15)13-17-6-4-3-5-7-17/h3-8,15,19H,9-14H2,1-2H3,(H,21,25)/t15-,19+/m1/s1. The molecule has 6 heteroatoms. The molecule has 0 aromatic heterocycles. The second-order valence-electron chi connectivity index (χ2n) is 7.06. The van der Waals surface area contributed by atoms with Crippen LogP contribution in [0, 0.1) is 0 Å². The summed E-state index contributed by atoms with van der Waals surface area (Å²) in [4.78, 5) is 29.1. The largest absolute Gasteiger partial charge is 0.366 e. The lowest BCUT2D eigenvalue weighted by Crippen LogP contribution is -2.59. The summed E-state index contributed by atoms with van der Waals surface area (Å²) in [6, 6.07) is 9.13. The zero-order valence-corrected chi connectivity index (χ0v) is 15.5. The molecule has 0 unspecified atom stereocenters. The Morgan fingerprint density at radius 2 is 2.08 bits per heavy atom. The highest BCUT2D eigenvalue weighted by atomic mass is 16.5. The molecule has 6 nitrogen and oxygen atoms in total. The Bertz CT molecular complexity index is 674. The Morgan fingerprint density at radius 1 is 1.31 bits per heavy atom. The molecular weight excluding hydrogens is 330 g/mol. The van der Waals surface area contributed by atoms with Crippen LogP contribution in [0.4, 0.5) is 0 Å². The second kappa shape index (κ2) is 8.47. The Kier molecular flexibility index (Phi) is 6.06. The van der Waals surface area contributed by atoms with Crippen LogP contribution in [0.1, 0.15) is 18.9 Å². The van der Waals surface area contributed by atoms with Gasteiger partial charge in [-0.3, -0.25) is 9.59 Å². The van der Waals surface area contributed by atoms with Crippen molar-refractivity contribution < 1.29 is 14.3 Å². The molecular formula is C20H27N3O3. The van der Waals surface area contributed by atoms with Crippen molar-refractivity contribution in [2.45, 2.75) is 32.0 Å². The number of ether oxygens (including phenoxy) is 1. The predicted octanol–water partition coefficient (Wildman–Crippen LogP) is 1.18. The van der Waals surface area contributed by atoms with Crippen molar-refractivity contribution in [2.24, 2.45) is 0 Å². The summed E-state index contributed by atoms with van der Waals surface area (Å²) in [6.07, 6.45) is 2.79. The van der Waals surface area contributed by atoms with E-state index in [1.807, 2.05) is 37.3 Å². The molecule has 1 aromatic rings. The van der Waals surface area contributed by atoms with Gasteiger partial charge in [0.05, 0.1) is 6.10 Å². The number of hydrogen-bond acceptors (Lipinski definition) is 4. The maximum Gasteiger partial charge on any atom is 0.249 e. The third kappa shape index (κ3) is 4.51. The fourth-order valence-electron chi connectivity index (χ4n) is 3.39. The summed E-state index contributed by atoms with van der Waals surface area (Å²) in [5.74, 6) is -0.299. The Labute approximate surface area is 154 Å². The van der Waals surface area contributed by atoms with Crippen molar-refractivity contribution >= 4 is 11.8 Å². The minimum Gasteiger partial charge on any atom is -0.366 e. The average Bonchev–Trinajstić information content (AvgIpc) is 2.65. The van der Waals surface area contributed by atoms with Crippen molar-refractivity contribution in [1.82, 2.24) is 15.1 Å². The molecule has 0 aliphatic carbocycles. The van der Waals surface area contributed by atoms with Gasteiger partial charge in [0.15, 0.2) is 0 Å². The van der Waals surface area contributed by atoms with Crippen LogP contribution in [0.25, 0.3) is 0 Å². The number of rotatable bonds is 5. The molecule has 2 heterocycles. The minimum absolute atomic E-state index is 0.0231. The smallest absolute Gasteiger partial charge is 0.249 e. The van der Waals surface area contributed by atoms with Crippen molar-refractivity contribution in [3.8, 4) is 0 Å². The summed E-state index contributed by atoms with van der Waals surface area (Å²) < 4.78 is 5.52. The van der Waals surface area contributed by atoms with E-state index >= 15 is 0 Å². The van der Waals surface area contributed by atoms with Gasteiger partial charge in [-0.25, -0.2) is 0 Å². The highest BCUT2D eigenvalue weighted by molar-refractivity contribution is 5.89. The lowest BCUT2D eigenvalue weighted by molar-refractivity contribution is -0.163. The van der Waals surface area contributed by atoms with Gasteiger partial charge in [0.25, 0.3) is 0 Å². The summed E-state index contributed by atoms with van der Waals surface area (Å²) in [6.45, 7) is 4.73. The topological polar surface area (TPSA) is 61.9 Å². The average molecular weight is 357 g/mol. The molecule has 0 saturated carbocycles. The first-order valence-corrected chi connectivity index (χ1v) is 9.14. The van der Waals surface area contributed by atoms with Crippen LogP contribution in [0.15, 0.2) is 42.0 Å². The molecule has 1 saturated heterocycles. The fraction of sp³-hybridized carbons (Fsp3) is 0.500. The number of amides is 2. The normalized spacial score (nSPS) is 24.3. The van der Waals surface area contributed by atoms with Crippen LogP contribution in [0.5, 0.6) is 0 Å². The number of likely N-dealkylation sites (N-methyl/N-ethyl adjacent to an activating group) is 1. The van der Waals surface area contributed by atoms with E-state index in [2.05, 4.69) is 23.3 Å². The number of hydrogen-bond donors (Lipinski definition) is 1. The number of nitrogens with zero attached hydrogens (tertiary/aromatic N) is 2. The molecule has 1 N–H and O–H groups in total. The maximum absolute atomic E-state index is 12.8. The Balaban J connectivity index is 1.67. The lowest BCUT2D eigenvalue weighted by atomic mass is 10.0. The van der Waals surface area contributed by atoms with Crippen LogP contribution in [0.3, 0.4) is 0 Å². The lowest BCUT2D eigenvalue weighted by Gasteiger charge is -2.38. The second-order valence-corrected chi connectivity index (χ2v) is 7.06. The van der Waals surface area contributed by atoms with E-state index in [4.69, 9.17) is 4.74 Å². The quantitative estimate of drug-likeness (QED) is 0.804. The van der Waals surface area contributed by atoms with Crippen molar-refractivity contribution in [2.75, 3.05) is 33.3 Å². The SMILES string of the molecule is C[C@H]1OCC(=O)N(Cc2ccccc2)[C@@H]1C(=O)NCC1=CCN(C)CC1. The molecule has 0 bridgehead atoms. The molecule has 0 spiro atoms. The van der Waals surface area contributed by atoms with Crippen molar-refractivity contribution in [3.63, 3.8) is 0 Å². The van der Waals surface area contributed by atoms with E-state index in [0.717, 1.165) is 25.1 Å². The van der Waals surface area contributed by atoms with Crippen molar-refractivity contribution in [3.05, 3.63) is 47.5 Å².